The Morgan fingerprint density at radius 1 is 1.27 bits per heavy atom. The molecule has 3 heterocycles. The molecule has 74 valence electrons. The van der Waals surface area contributed by atoms with E-state index < -0.39 is 0 Å². The van der Waals surface area contributed by atoms with Crippen LogP contribution in [0.1, 0.15) is 0 Å². The van der Waals surface area contributed by atoms with Gasteiger partial charge in [-0.1, -0.05) is 11.6 Å². The first-order valence-electron chi connectivity index (χ1n) is 4.32. The van der Waals surface area contributed by atoms with Crippen molar-refractivity contribution in [3.8, 4) is 0 Å². The predicted octanol–water partition coefficient (Wildman–Crippen LogP) is 3.30. The fourth-order valence-corrected chi connectivity index (χ4v) is 2.21. The molecule has 0 amide bonds. The first kappa shape index (κ1) is 9.12. The van der Waals surface area contributed by atoms with E-state index in [1.807, 2.05) is 22.7 Å². The second-order valence-electron chi connectivity index (χ2n) is 3.18. The van der Waals surface area contributed by atoms with Crippen LogP contribution in [0.5, 0.6) is 0 Å². The minimum Gasteiger partial charge on any atom is -0.290 e. The predicted molar refractivity (Wildman–Crippen MR) is 63.2 cm³/mol. The molecule has 15 heavy (non-hydrogen) atoms. The van der Waals surface area contributed by atoms with Crippen LogP contribution in [0.4, 0.5) is 0 Å². The zero-order valence-corrected chi connectivity index (χ0v) is 9.83. The zero-order chi connectivity index (χ0) is 10.4. The highest BCUT2D eigenvalue weighted by Crippen LogP contribution is 2.25. The molecule has 3 nitrogen and oxygen atoms in total. The van der Waals surface area contributed by atoms with Crippen LogP contribution in [0.2, 0.25) is 5.15 Å². The van der Waals surface area contributed by atoms with Crippen molar-refractivity contribution in [2.75, 3.05) is 0 Å². The lowest BCUT2D eigenvalue weighted by molar-refractivity contribution is 1.20. The van der Waals surface area contributed by atoms with Crippen LogP contribution < -0.4 is 0 Å². The number of pyridine rings is 2. The van der Waals surface area contributed by atoms with Crippen molar-refractivity contribution in [1.29, 1.82) is 0 Å². The Labute approximate surface area is 98.8 Å². The maximum atomic E-state index is 6.10. The summed E-state index contributed by atoms with van der Waals surface area (Å²) in [6.45, 7) is 0. The Morgan fingerprint density at radius 3 is 3.00 bits per heavy atom. The van der Waals surface area contributed by atoms with E-state index in [4.69, 9.17) is 11.6 Å². The van der Waals surface area contributed by atoms with Gasteiger partial charge in [-0.25, -0.2) is 9.97 Å². The van der Waals surface area contributed by atoms with Crippen LogP contribution >= 0.6 is 27.5 Å². The van der Waals surface area contributed by atoms with Crippen molar-refractivity contribution in [3.63, 3.8) is 0 Å². The third kappa shape index (κ3) is 1.33. The molecule has 0 saturated carbocycles. The van der Waals surface area contributed by atoms with Gasteiger partial charge in [0.05, 0.1) is 0 Å². The van der Waals surface area contributed by atoms with E-state index in [0.29, 0.717) is 5.15 Å². The van der Waals surface area contributed by atoms with Gasteiger partial charge in [0.1, 0.15) is 15.4 Å². The summed E-state index contributed by atoms with van der Waals surface area (Å²) in [5, 5.41) is 2.66. The van der Waals surface area contributed by atoms with Crippen molar-refractivity contribution < 1.29 is 0 Å². The van der Waals surface area contributed by atoms with Gasteiger partial charge in [-0.15, -0.1) is 0 Å². The van der Waals surface area contributed by atoms with Crippen molar-refractivity contribution >= 4 is 44.0 Å². The van der Waals surface area contributed by atoms with Crippen molar-refractivity contribution in [2.24, 2.45) is 0 Å². The second kappa shape index (κ2) is 3.18. The third-order valence-corrected chi connectivity index (χ3v) is 3.01. The summed E-state index contributed by atoms with van der Waals surface area (Å²) >= 11 is 9.44. The monoisotopic (exact) mass is 281 g/mol. The van der Waals surface area contributed by atoms with E-state index in [1.165, 1.54) is 0 Å². The Morgan fingerprint density at radius 2 is 2.13 bits per heavy atom. The average Bonchev–Trinajstić information content (AvgIpc) is 2.69. The largest absolute Gasteiger partial charge is 0.290 e. The summed E-state index contributed by atoms with van der Waals surface area (Å²) in [5.74, 6) is 0. The zero-order valence-electron chi connectivity index (χ0n) is 7.48. The topological polar surface area (TPSA) is 30.2 Å². The summed E-state index contributed by atoms with van der Waals surface area (Å²) in [5.41, 5.74) is 0.848. The van der Waals surface area contributed by atoms with Crippen LogP contribution in [-0.2, 0) is 0 Å². The van der Waals surface area contributed by atoms with Gasteiger partial charge in [0.25, 0.3) is 0 Å². The van der Waals surface area contributed by atoms with E-state index in [1.54, 1.807) is 12.4 Å². The standard InChI is InChI=1S/C10H5BrClN3/c11-8-4-7-6(5-14-8)3-9(12)15-2-1-13-10(7)15/h1-5H. The molecule has 0 N–H and O–H groups in total. The Kier molecular flexibility index (Phi) is 1.94. The minimum atomic E-state index is 0.638. The lowest BCUT2D eigenvalue weighted by Gasteiger charge is -2.03. The molecule has 3 rings (SSSR count). The molecular formula is C10H5BrClN3. The fourth-order valence-electron chi connectivity index (χ4n) is 1.62. The first-order valence-corrected chi connectivity index (χ1v) is 5.49. The number of fused-ring (bicyclic) bond motifs is 3. The van der Waals surface area contributed by atoms with Crippen LogP contribution in [-0.4, -0.2) is 14.4 Å². The van der Waals surface area contributed by atoms with Crippen LogP contribution in [0.15, 0.2) is 35.3 Å². The number of hydrogen-bond donors (Lipinski definition) is 0. The van der Waals surface area contributed by atoms with Gasteiger partial charge in [-0.3, -0.25) is 4.40 Å². The molecular weight excluding hydrogens is 277 g/mol. The Balaban J connectivity index is 2.61. The van der Waals surface area contributed by atoms with Gasteiger partial charge in [-0.2, -0.15) is 0 Å². The van der Waals surface area contributed by atoms with Gasteiger partial charge in [0.2, 0.25) is 0 Å². The summed E-state index contributed by atoms with van der Waals surface area (Å²) < 4.78 is 2.64. The second-order valence-corrected chi connectivity index (χ2v) is 4.38. The molecule has 0 aliphatic rings. The molecule has 0 aliphatic carbocycles. The van der Waals surface area contributed by atoms with Crippen molar-refractivity contribution in [3.05, 3.63) is 40.5 Å². The smallest absolute Gasteiger partial charge is 0.145 e. The number of rotatable bonds is 0. The molecule has 3 aromatic rings. The normalized spacial score (nSPS) is 11.3. The van der Waals surface area contributed by atoms with Gasteiger partial charge in [0, 0.05) is 29.4 Å². The number of halogens is 2. The SMILES string of the molecule is Clc1cc2cnc(Br)cc2c2nccn12. The van der Waals surface area contributed by atoms with E-state index in [2.05, 4.69) is 25.9 Å². The van der Waals surface area contributed by atoms with Crippen molar-refractivity contribution in [1.82, 2.24) is 14.4 Å². The molecule has 0 aromatic carbocycles. The third-order valence-electron chi connectivity index (χ3n) is 2.29. The van der Waals surface area contributed by atoms with Gasteiger partial charge in [-0.05, 0) is 28.1 Å². The number of nitrogens with zero attached hydrogens (tertiary/aromatic N) is 3. The van der Waals surface area contributed by atoms with E-state index in [-0.39, 0.29) is 0 Å². The van der Waals surface area contributed by atoms with Crippen LogP contribution in [0.25, 0.3) is 16.4 Å². The number of aromatic nitrogens is 3. The molecule has 0 aliphatic heterocycles. The maximum Gasteiger partial charge on any atom is 0.145 e. The summed E-state index contributed by atoms with van der Waals surface area (Å²) in [6, 6.07) is 3.82. The number of hydrogen-bond acceptors (Lipinski definition) is 2. The highest BCUT2D eigenvalue weighted by atomic mass is 79.9. The highest BCUT2D eigenvalue weighted by Gasteiger charge is 2.06. The average molecular weight is 283 g/mol. The molecule has 0 bridgehead atoms. The summed E-state index contributed by atoms with van der Waals surface area (Å²) in [4.78, 5) is 8.44. The molecule has 5 heteroatoms. The number of imidazole rings is 1. The quantitative estimate of drug-likeness (QED) is 0.592. The van der Waals surface area contributed by atoms with E-state index in [9.17, 15) is 0 Å². The van der Waals surface area contributed by atoms with Gasteiger partial charge >= 0.3 is 0 Å². The summed E-state index contributed by atoms with van der Waals surface area (Å²) in [6.07, 6.45) is 5.35. The van der Waals surface area contributed by atoms with E-state index in [0.717, 1.165) is 21.0 Å². The minimum absolute atomic E-state index is 0.638. The maximum absolute atomic E-state index is 6.10. The fraction of sp³-hybridized carbons (Fsp3) is 0. The first-order chi connectivity index (χ1) is 7.25. The van der Waals surface area contributed by atoms with Crippen LogP contribution in [0.3, 0.4) is 0 Å². The molecule has 3 aromatic heterocycles. The Bertz CT molecular complexity index is 662. The molecule has 0 saturated heterocycles. The van der Waals surface area contributed by atoms with Gasteiger partial charge in [0.15, 0.2) is 0 Å². The Hall–Kier alpha value is -1.13. The van der Waals surface area contributed by atoms with Crippen LogP contribution in [0, 0.1) is 0 Å². The highest BCUT2D eigenvalue weighted by molar-refractivity contribution is 9.10. The molecule has 0 spiro atoms. The van der Waals surface area contributed by atoms with E-state index >= 15 is 0 Å². The molecule has 0 fully saturated rings. The molecule has 0 radical (unpaired) electrons. The summed E-state index contributed by atoms with van der Waals surface area (Å²) in [7, 11) is 0. The lowest BCUT2D eigenvalue weighted by Crippen LogP contribution is -1.88. The lowest BCUT2D eigenvalue weighted by atomic mass is 10.2. The molecule has 0 unspecified atom stereocenters. The molecule has 0 atom stereocenters. The van der Waals surface area contributed by atoms with Gasteiger partial charge < -0.3 is 0 Å². The van der Waals surface area contributed by atoms with Crippen molar-refractivity contribution in [2.45, 2.75) is 0 Å².